The van der Waals surface area contributed by atoms with E-state index in [1.54, 1.807) is 6.08 Å². The molecule has 0 aromatic heterocycles. The highest BCUT2D eigenvalue weighted by molar-refractivity contribution is 5.93. The van der Waals surface area contributed by atoms with Gasteiger partial charge in [-0.05, 0) is 44.3 Å². The standard InChI is InChI=1S/C20H30O5/c1-17(22)18(15-19(16-21)24-2)13-11-9-7-5-4-6-8-10-12-14-20(23)25-3/h4-5,8-11,15,19,21H,6-7,12-14,16H2,1-3H3. The van der Waals surface area contributed by atoms with Gasteiger partial charge in [-0.3, -0.25) is 9.59 Å². The van der Waals surface area contributed by atoms with E-state index in [4.69, 9.17) is 9.84 Å². The summed E-state index contributed by atoms with van der Waals surface area (Å²) in [5, 5.41) is 9.11. The average molecular weight is 350 g/mol. The Kier molecular flexibility index (Phi) is 14.3. The van der Waals surface area contributed by atoms with Crippen LogP contribution in [-0.4, -0.2) is 43.8 Å². The molecular formula is C20H30O5. The van der Waals surface area contributed by atoms with Gasteiger partial charge < -0.3 is 14.6 Å². The van der Waals surface area contributed by atoms with E-state index in [1.807, 2.05) is 36.5 Å². The summed E-state index contributed by atoms with van der Waals surface area (Å²) in [5.41, 5.74) is 0.634. The summed E-state index contributed by atoms with van der Waals surface area (Å²) >= 11 is 0. The van der Waals surface area contributed by atoms with Crippen molar-refractivity contribution in [2.75, 3.05) is 20.8 Å². The number of carbonyl (C=O) groups is 2. The largest absolute Gasteiger partial charge is 0.469 e. The lowest BCUT2D eigenvalue weighted by Gasteiger charge is -2.08. The number of rotatable bonds is 13. The van der Waals surface area contributed by atoms with Crippen molar-refractivity contribution >= 4 is 11.8 Å². The number of ketones is 1. The molecule has 0 aliphatic carbocycles. The lowest BCUT2D eigenvalue weighted by atomic mass is 10.1. The SMILES string of the molecule is COC(=O)CCC=CCC=CCC=CCC(=CC(CO)OC)C(C)=O. The Bertz CT molecular complexity index is 496. The summed E-state index contributed by atoms with van der Waals surface area (Å²) in [6.07, 6.45) is 16.5. The molecule has 0 heterocycles. The van der Waals surface area contributed by atoms with Crippen LogP contribution in [0.15, 0.2) is 48.1 Å². The smallest absolute Gasteiger partial charge is 0.305 e. The molecule has 0 aromatic carbocycles. The van der Waals surface area contributed by atoms with Crippen LogP contribution in [0.1, 0.15) is 39.0 Å². The first-order valence-corrected chi connectivity index (χ1v) is 8.42. The van der Waals surface area contributed by atoms with E-state index < -0.39 is 6.10 Å². The van der Waals surface area contributed by atoms with Gasteiger partial charge in [-0.15, -0.1) is 0 Å². The van der Waals surface area contributed by atoms with Crippen LogP contribution in [0.2, 0.25) is 0 Å². The minimum Gasteiger partial charge on any atom is -0.469 e. The molecule has 5 nitrogen and oxygen atoms in total. The number of aliphatic hydroxyl groups is 1. The monoisotopic (exact) mass is 350 g/mol. The second-order valence-electron chi connectivity index (χ2n) is 5.41. The Balaban J connectivity index is 4.08. The van der Waals surface area contributed by atoms with Gasteiger partial charge in [-0.25, -0.2) is 0 Å². The number of hydrogen-bond acceptors (Lipinski definition) is 5. The molecule has 0 aliphatic rings. The van der Waals surface area contributed by atoms with Crippen molar-refractivity contribution in [2.24, 2.45) is 0 Å². The topological polar surface area (TPSA) is 72.8 Å². The molecule has 1 unspecified atom stereocenters. The summed E-state index contributed by atoms with van der Waals surface area (Å²) in [6, 6.07) is 0. The number of aliphatic hydroxyl groups excluding tert-OH is 1. The third-order valence-electron chi connectivity index (χ3n) is 3.45. The van der Waals surface area contributed by atoms with Crippen LogP contribution in [0, 0.1) is 0 Å². The molecule has 0 saturated carbocycles. The summed E-state index contributed by atoms with van der Waals surface area (Å²) in [4.78, 5) is 22.5. The number of carbonyl (C=O) groups excluding carboxylic acids is 2. The molecule has 0 spiro atoms. The maximum atomic E-state index is 11.6. The van der Waals surface area contributed by atoms with Crippen LogP contribution >= 0.6 is 0 Å². The predicted octanol–water partition coefficient (Wildman–Crippen LogP) is 3.30. The molecule has 1 atom stereocenters. The van der Waals surface area contributed by atoms with E-state index in [2.05, 4.69) is 4.74 Å². The summed E-state index contributed by atoms with van der Waals surface area (Å²) in [6.45, 7) is 1.36. The van der Waals surface area contributed by atoms with Crippen LogP contribution in [-0.2, 0) is 19.1 Å². The first kappa shape index (κ1) is 23.0. The van der Waals surface area contributed by atoms with Gasteiger partial charge in [0.15, 0.2) is 5.78 Å². The van der Waals surface area contributed by atoms with Gasteiger partial charge in [0, 0.05) is 13.5 Å². The minimum absolute atomic E-state index is 0.0206. The highest BCUT2D eigenvalue weighted by Gasteiger charge is 2.07. The maximum Gasteiger partial charge on any atom is 0.305 e. The number of esters is 1. The zero-order valence-corrected chi connectivity index (χ0v) is 15.4. The van der Waals surface area contributed by atoms with E-state index in [0.717, 1.165) is 12.8 Å². The highest BCUT2D eigenvalue weighted by atomic mass is 16.5. The molecule has 0 radical (unpaired) electrons. The van der Waals surface area contributed by atoms with E-state index in [1.165, 1.54) is 21.1 Å². The Morgan fingerprint density at radius 3 is 2.12 bits per heavy atom. The summed E-state index contributed by atoms with van der Waals surface area (Å²) in [7, 11) is 2.89. The fourth-order valence-electron chi connectivity index (χ4n) is 1.92. The summed E-state index contributed by atoms with van der Waals surface area (Å²) < 4.78 is 9.61. The van der Waals surface area contributed by atoms with Crippen LogP contribution in [0.3, 0.4) is 0 Å². The van der Waals surface area contributed by atoms with Gasteiger partial charge in [0.1, 0.15) is 0 Å². The molecule has 140 valence electrons. The van der Waals surface area contributed by atoms with Gasteiger partial charge in [0.2, 0.25) is 0 Å². The van der Waals surface area contributed by atoms with Gasteiger partial charge in [-0.1, -0.05) is 36.5 Å². The van der Waals surface area contributed by atoms with Crippen molar-refractivity contribution in [1.29, 1.82) is 0 Å². The number of ether oxygens (including phenoxy) is 2. The zero-order valence-electron chi connectivity index (χ0n) is 15.4. The van der Waals surface area contributed by atoms with Crippen molar-refractivity contribution in [1.82, 2.24) is 0 Å². The lowest BCUT2D eigenvalue weighted by Crippen LogP contribution is -2.14. The first-order chi connectivity index (χ1) is 12.0. The number of methoxy groups -OCH3 is 2. The summed E-state index contributed by atoms with van der Waals surface area (Å²) in [5.74, 6) is -0.215. The van der Waals surface area contributed by atoms with Gasteiger partial charge in [0.25, 0.3) is 0 Å². The number of hydrogen-bond donors (Lipinski definition) is 1. The minimum atomic E-state index is -0.446. The van der Waals surface area contributed by atoms with E-state index in [-0.39, 0.29) is 18.4 Å². The normalized spacial score (nSPS) is 13.8. The van der Waals surface area contributed by atoms with Crippen LogP contribution in [0.4, 0.5) is 0 Å². The lowest BCUT2D eigenvalue weighted by molar-refractivity contribution is -0.140. The molecule has 0 fully saturated rings. The first-order valence-electron chi connectivity index (χ1n) is 8.42. The quantitative estimate of drug-likeness (QED) is 0.313. The van der Waals surface area contributed by atoms with Crippen molar-refractivity contribution in [3.8, 4) is 0 Å². The Hall–Kier alpha value is -1.98. The zero-order chi connectivity index (χ0) is 18.9. The molecule has 0 saturated heterocycles. The number of Topliss-reactive ketones (excluding diaryl/α,β-unsaturated/α-hetero) is 1. The second-order valence-corrected chi connectivity index (χ2v) is 5.41. The number of allylic oxidation sites excluding steroid dienone is 7. The van der Waals surface area contributed by atoms with Crippen molar-refractivity contribution in [3.05, 3.63) is 48.1 Å². The molecule has 5 heteroatoms. The highest BCUT2D eigenvalue weighted by Crippen LogP contribution is 2.08. The molecule has 25 heavy (non-hydrogen) atoms. The van der Waals surface area contributed by atoms with Crippen molar-refractivity contribution < 1.29 is 24.2 Å². The average Bonchev–Trinajstić information content (AvgIpc) is 2.61. The Morgan fingerprint density at radius 1 is 1.00 bits per heavy atom. The van der Waals surface area contributed by atoms with Crippen LogP contribution in [0.5, 0.6) is 0 Å². The molecule has 1 N–H and O–H groups in total. The van der Waals surface area contributed by atoms with Crippen LogP contribution < -0.4 is 0 Å². The third kappa shape index (κ3) is 13.0. The van der Waals surface area contributed by atoms with E-state index in [9.17, 15) is 9.59 Å². The molecule has 0 aromatic rings. The van der Waals surface area contributed by atoms with Gasteiger partial charge >= 0.3 is 5.97 Å². The molecular weight excluding hydrogens is 320 g/mol. The molecule has 0 aliphatic heterocycles. The fraction of sp³-hybridized carbons (Fsp3) is 0.500. The molecule has 0 bridgehead atoms. The van der Waals surface area contributed by atoms with Crippen LogP contribution in [0.25, 0.3) is 0 Å². The maximum absolute atomic E-state index is 11.6. The predicted molar refractivity (Wildman–Crippen MR) is 99.2 cm³/mol. The van der Waals surface area contributed by atoms with Gasteiger partial charge in [0.05, 0.1) is 19.8 Å². The van der Waals surface area contributed by atoms with Crippen molar-refractivity contribution in [2.45, 2.75) is 45.1 Å². The van der Waals surface area contributed by atoms with E-state index in [0.29, 0.717) is 24.8 Å². The Morgan fingerprint density at radius 2 is 1.60 bits per heavy atom. The fourth-order valence-corrected chi connectivity index (χ4v) is 1.92. The third-order valence-corrected chi connectivity index (χ3v) is 3.45. The molecule has 0 amide bonds. The molecule has 0 rings (SSSR count). The van der Waals surface area contributed by atoms with Crippen molar-refractivity contribution in [3.63, 3.8) is 0 Å². The second kappa shape index (κ2) is 15.5. The Labute approximate surface area is 150 Å². The van der Waals surface area contributed by atoms with E-state index >= 15 is 0 Å². The van der Waals surface area contributed by atoms with Gasteiger partial charge in [-0.2, -0.15) is 0 Å².